The Hall–Kier alpha value is -1.55. The van der Waals surface area contributed by atoms with Gasteiger partial charge in [-0.05, 0) is 29.9 Å². The zero-order valence-electron chi connectivity index (χ0n) is 14.1. The fourth-order valence-corrected chi connectivity index (χ4v) is 2.69. The molecular formula is C18H29N3O. The molecule has 0 aliphatic heterocycles. The summed E-state index contributed by atoms with van der Waals surface area (Å²) in [6.07, 6.45) is 2.17. The lowest BCUT2D eigenvalue weighted by Gasteiger charge is -2.30. The minimum absolute atomic E-state index is 0.604. The van der Waals surface area contributed by atoms with Crippen LogP contribution < -0.4 is 10.6 Å². The maximum Gasteiger partial charge on any atom is 0.190 e. The summed E-state index contributed by atoms with van der Waals surface area (Å²) in [5.74, 6) is 2.10. The van der Waals surface area contributed by atoms with Crippen LogP contribution in [0, 0.1) is 5.92 Å². The number of hydrogen-bond donors (Lipinski definition) is 2. The summed E-state index contributed by atoms with van der Waals surface area (Å²) in [5, 5.41) is 6.76. The molecular weight excluding hydrogens is 274 g/mol. The van der Waals surface area contributed by atoms with Gasteiger partial charge in [0.2, 0.25) is 0 Å². The van der Waals surface area contributed by atoms with Crippen molar-refractivity contribution >= 4 is 5.96 Å². The monoisotopic (exact) mass is 303 g/mol. The zero-order valence-corrected chi connectivity index (χ0v) is 14.1. The summed E-state index contributed by atoms with van der Waals surface area (Å²) in [4.78, 5) is 4.27. The number of nitrogens with zero attached hydrogens (tertiary/aromatic N) is 1. The lowest BCUT2D eigenvalue weighted by atomic mass is 9.78. The Balaban J connectivity index is 1.59. The summed E-state index contributed by atoms with van der Waals surface area (Å²) >= 11 is 0. The van der Waals surface area contributed by atoms with Gasteiger partial charge in [0.15, 0.2) is 5.96 Å². The molecule has 0 spiro atoms. The average Bonchev–Trinajstić information content (AvgIpc) is 2.49. The predicted molar refractivity (Wildman–Crippen MR) is 92.5 cm³/mol. The summed E-state index contributed by atoms with van der Waals surface area (Å²) in [5.41, 5.74) is 2.96. The largest absolute Gasteiger partial charge is 0.381 e. The van der Waals surface area contributed by atoms with E-state index in [-0.39, 0.29) is 0 Å². The van der Waals surface area contributed by atoms with Gasteiger partial charge in [0.25, 0.3) is 0 Å². The molecule has 0 heterocycles. The number of benzene rings is 1. The highest BCUT2D eigenvalue weighted by atomic mass is 16.5. The van der Waals surface area contributed by atoms with Gasteiger partial charge in [0, 0.05) is 39.3 Å². The molecule has 0 amide bonds. The predicted octanol–water partition coefficient (Wildman–Crippen LogP) is 2.55. The molecule has 1 aromatic carbocycles. The zero-order chi connectivity index (χ0) is 15.8. The van der Waals surface area contributed by atoms with Crippen molar-refractivity contribution in [1.29, 1.82) is 0 Å². The molecule has 1 unspecified atom stereocenters. The van der Waals surface area contributed by atoms with Crippen LogP contribution >= 0.6 is 0 Å². The Kier molecular flexibility index (Phi) is 6.72. The van der Waals surface area contributed by atoms with Crippen molar-refractivity contribution in [2.75, 3.05) is 33.4 Å². The second-order valence-corrected chi connectivity index (χ2v) is 6.30. The van der Waals surface area contributed by atoms with E-state index >= 15 is 0 Å². The Morgan fingerprint density at radius 1 is 1.32 bits per heavy atom. The molecule has 0 saturated carbocycles. The lowest BCUT2D eigenvalue weighted by molar-refractivity contribution is 0.108. The maximum atomic E-state index is 5.57. The quantitative estimate of drug-likeness (QED) is 0.441. The third-order valence-corrected chi connectivity index (χ3v) is 3.91. The fourth-order valence-electron chi connectivity index (χ4n) is 2.69. The van der Waals surface area contributed by atoms with E-state index in [1.54, 1.807) is 0 Å². The second-order valence-electron chi connectivity index (χ2n) is 6.30. The number of hydrogen-bond acceptors (Lipinski definition) is 2. The first-order valence-corrected chi connectivity index (χ1v) is 8.30. The van der Waals surface area contributed by atoms with Gasteiger partial charge in [-0.15, -0.1) is 0 Å². The topological polar surface area (TPSA) is 45.7 Å². The number of aliphatic imine (C=N–C) groups is 1. The van der Waals surface area contributed by atoms with Gasteiger partial charge in [-0.2, -0.15) is 0 Å². The Morgan fingerprint density at radius 3 is 2.86 bits per heavy atom. The van der Waals surface area contributed by atoms with Gasteiger partial charge in [0.05, 0.1) is 0 Å². The van der Waals surface area contributed by atoms with Gasteiger partial charge in [0.1, 0.15) is 0 Å². The highest BCUT2D eigenvalue weighted by molar-refractivity contribution is 5.79. The van der Waals surface area contributed by atoms with Crippen molar-refractivity contribution < 1.29 is 4.74 Å². The third-order valence-electron chi connectivity index (χ3n) is 3.91. The van der Waals surface area contributed by atoms with E-state index in [0.29, 0.717) is 11.8 Å². The molecule has 122 valence electrons. The molecule has 0 saturated heterocycles. The second kappa shape index (κ2) is 8.79. The van der Waals surface area contributed by atoms with E-state index < -0.39 is 0 Å². The van der Waals surface area contributed by atoms with E-state index in [2.05, 4.69) is 53.7 Å². The van der Waals surface area contributed by atoms with E-state index in [4.69, 9.17) is 4.74 Å². The lowest BCUT2D eigenvalue weighted by Crippen LogP contribution is -2.41. The molecule has 1 atom stereocenters. The Bertz CT molecular complexity index is 485. The fraction of sp³-hybridized carbons (Fsp3) is 0.611. The number of nitrogens with one attached hydrogen (secondary N) is 2. The molecule has 4 heteroatoms. The average molecular weight is 303 g/mol. The van der Waals surface area contributed by atoms with Gasteiger partial charge >= 0.3 is 0 Å². The van der Waals surface area contributed by atoms with E-state index in [9.17, 15) is 0 Å². The van der Waals surface area contributed by atoms with E-state index in [1.807, 2.05) is 7.05 Å². The van der Waals surface area contributed by atoms with Crippen LogP contribution in [0.3, 0.4) is 0 Å². The van der Waals surface area contributed by atoms with Gasteiger partial charge in [-0.25, -0.2) is 0 Å². The van der Waals surface area contributed by atoms with Crippen LogP contribution in [0.1, 0.15) is 37.3 Å². The van der Waals surface area contributed by atoms with Crippen LogP contribution in [-0.2, 0) is 11.2 Å². The third kappa shape index (κ3) is 5.02. The minimum Gasteiger partial charge on any atom is -0.381 e. The first kappa shape index (κ1) is 16.8. The van der Waals surface area contributed by atoms with Gasteiger partial charge in [-0.1, -0.05) is 38.1 Å². The van der Waals surface area contributed by atoms with E-state index in [1.165, 1.54) is 17.5 Å². The van der Waals surface area contributed by atoms with Crippen molar-refractivity contribution in [3.63, 3.8) is 0 Å². The highest BCUT2D eigenvalue weighted by Crippen LogP contribution is 2.33. The van der Waals surface area contributed by atoms with E-state index in [0.717, 1.165) is 38.7 Å². The van der Waals surface area contributed by atoms with Crippen molar-refractivity contribution in [3.05, 3.63) is 35.4 Å². The van der Waals surface area contributed by atoms with Crippen LogP contribution in [0.25, 0.3) is 0 Å². The minimum atomic E-state index is 0.604. The summed E-state index contributed by atoms with van der Waals surface area (Å²) < 4.78 is 5.57. The van der Waals surface area contributed by atoms with Crippen molar-refractivity contribution in [1.82, 2.24) is 10.6 Å². The first-order chi connectivity index (χ1) is 10.7. The van der Waals surface area contributed by atoms with Crippen LogP contribution in [-0.4, -0.2) is 39.3 Å². The molecule has 2 rings (SSSR count). The molecule has 4 nitrogen and oxygen atoms in total. The van der Waals surface area contributed by atoms with Crippen LogP contribution in [0.2, 0.25) is 0 Å². The van der Waals surface area contributed by atoms with Crippen molar-refractivity contribution in [2.45, 2.75) is 32.6 Å². The number of rotatable bonds is 8. The standard InChI is InChI=1S/C18H29N3O/c1-14(2)13-22-10-6-9-20-18(19-3)21-12-16-11-15-7-4-5-8-17(15)16/h4-5,7-8,14,16H,6,9-13H2,1-3H3,(H2,19,20,21). The molecule has 0 aromatic heterocycles. The summed E-state index contributed by atoms with van der Waals surface area (Å²) in [6.45, 7) is 7.82. The molecule has 2 N–H and O–H groups in total. The van der Waals surface area contributed by atoms with Crippen LogP contribution in [0.4, 0.5) is 0 Å². The summed E-state index contributed by atoms with van der Waals surface area (Å²) in [7, 11) is 1.82. The highest BCUT2D eigenvalue weighted by Gasteiger charge is 2.25. The van der Waals surface area contributed by atoms with Crippen LogP contribution in [0.5, 0.6) is 0 Å². The molecule has 1 aliphatic rings. The van der Waals surface area contributed by atoms with Gasteiger partial charge in [-0.3, -0.25) is 4.99 Å². The Labute approximate surface area is 134 Å². The molecule has 1 aliphatic carbocycles. The number of guanidine groups is 1. The SMILES string of the molecule is CN=C(NCCCOCC(C)C)NCC1Cc2ccccc21. The van der Waals surface area contributed by atoms with Crippen molar-refractivity contribution in [2.24, 2.45) is 10.9 Å². The molecule has 0 fully saturated rings. The van der Waals surface area contributed by atoms with Crippen molar-refractivity contribution in [3.8, 4) is 0 Å². The molecule has 0 bridgehead atoms. The smallest absolute Gasteiger partial charge is 0.190 e. The number of fused-ring (bicyclic) bond motifs is 1. The van der Waals surface area contributed by atoms with Crippen LogP contribution in [0.15, 0.2) is 29.3 Å². The Morgan fingerprint density at radius 2 is 2.14 bits per heavy atom. The maximum absolute atomic E-state index is 5.57. The molecule has 0 radical (unpaired) electrons. The molecule has 22 heavy (non-hydrogen) atoms. The first-order valence-electron chi connectivity index (χ1n) is 8.30. The normalized spacial score (nSPS) is 17.1. The number of ether oxygens (including phenoxy) is 1. The summed E-state index contributed by atoms with van der Waals surface area (Å²) in [6, 6.07) is 8.68. The van der Waals surface area contributed by atoms with Gasteiger partial charge < -0.3 is 15.4 Å². The molecule has 1 aromatic rings.